The first-order chi connectivity index (χ1) is 15.1. The molecule has 0 bridgehead atoms. The average Bonchev–Trinajstić information content (AvgIpc) is 3.40. The minimum Gasteiger partial charge on any atom is -0.306 e. The molecule has 0 radical (unpaired) electrons. The second-order valence-electron chi connectivity index (χ2n) is 7.54. The van der Waals surface area contributed by atoms with Crippen LogP contribution in [0.15, 0.2) is 39.4 Å². The molecule has 1 saturated carbocycles. The van der Waals surface area contributed by atoms with Gasteiger partial charge in [-0.3, -0.25) is 14.2 Å². The number of carbonyl (C=O) groups excluding carboxylic acids is 1. The number of alkyl halides is 3. The SMILES string of the molecule is CC(C(=O)Nc1nn(Cc2ccccc2Cl)cc1Br)n1nc(C(F)(F)F)c(Br)c1C1CC1. The van der Waals surface area contributed by atoms with Crippen molar-refractivity contribution in [1.29, 1.82) is 0 Å². The van der Waals surface area contributed by atoms with E-state index in [1.165, 1.54) is 6.92 Å². The quantitative estimate of drug-likeness (QED) is 0.359. The van der Waals surface area contributed by atoms with Crippen molar-refractivity contribution >= 4 is 55.2 Å². The monoisotopic (exact) mass is 593 g/mol. The van der Waals surface area contributed by atoms with Crippen molar-refractivity contribution in [2.24, 2.45) is 0 Å². The van der Waals surface area contributed by atoms with Crippen molar-refractivity contribution in [2.45, 2.75) is 44.4 Å². The highest BCUT2D eigenvalue weighted by molar-refractivity contribution is 9.11. The summed E-state index contributed by atoms with van der Waals surface area (Å²) in [6.07, 6.45) is -1.42. The van der Waals surface area contributed by atoms with Gasteiger partial charge in [0.25, 0.3) is 0 Å². The van der Waals surface area contributed by atoms with E-state index in [-0.39, 0.29) is 16.2 Å². The highest BCUT2D eigenvalue weighted by atomic mass is 79.9. The van der Waals surface area contributed by atoms with Gasteiger partial charge in [-0.2, -0.15) is 23.4 Å². The molecule has 1 N–H and O–H groups in total. The van der Waals surface area contributed by atoms with Gasteiger partial charge in [-0.15, -0.1) is 0 Å². The molecule has 6 nitrogen and oxygen atoms in total. The van der Waals surface area contributed by atoms with Crippen LogP contribution in [-0.4, -0.2) is 25.5 Å². The molecule has 1 atom stereocenters. The molecule has 1 fully saturated rings. The molecule has 2 heterocycles. The smallest absolute Gasteiger partial charge is 0.306 e. The zero-order valence-corrected chi connectivity index (χ0v) is 20.6. The Morgan fingerprint density at radius 1 is 1.28 bits per heavy atom. The Labute approximate surface area is 203 Å². The van der Waals surface area contributed by atoms with E-state index in [9.17, 15) is 18.0 Å². The normalized spacial score (nSPS) is 15.1. The van der Waals surface area contributed by atoms with Crippen LogP contribution in [-0.2, 0) is 17.5 Å². The molecule has 12 heteroatoms. The fourth-order valence-electron chi connectivity index (χ4n) is 3.32. The van der Waals surface area contributed by atoms with E-state index in [0.29, 0.717) is 21.7 Å². The molecule has 3 aromatic rings. The Hall–Kier alpha value is -1.85. The van der Waals surface area contributed by atoms with Crippen LogP contribution in [0.5, 0.6) is 0 Å². The second kappa shape index (κ2) is 8.83. The summed E-state index contributed by atoms with van der Waals surface area (Å²) in [5.41, 5.74) is 0.220. The predicted molar refractivity (Wildman–Crippen MR) is 121 cm³/mol. The molecule has 0 saturated heterocycles. The molecule has 0 aliphatic heterocycles. The van der Waals surface area contributed by atoms with E-state index in [2.05, 4.69) is 47.4 Å². The van der Waals surface area contributed by atoms with Crippen LogP contribution >= 0.6 is 43.5 Å². The van der Waals surface area contributed by atoms with Gasteiger partial charge in [0.2, 0.25) is 5.91 Å². The van der Waals surface area contributed by atoms with Crippen LogP contribution in [0.3, 0.4) is 0 Å². The maximum absolute atomic E-state index is 13.4. The topological polar surface area (TPSA) is 64.7 Å². The number of nitrogens with one attached hydrogen (secondary N) is 1. The Morgan fingerprint density at radius 2 is 1.97 bits per heavy atom. The Bertz CT molecular complexity index is 1170. The maximum Gasteiger partial charge on any atom is 0.436 e. The molecule has 1 aromatic carbocycles. The molecule has 1 unspecified atom stereocenters. The summed E-state index contributed by atoms with van der Waals surface area (Å²) in [6, 6.07) is 6.35. The number of hydrogen-bond acceptors (Lipinski definition) is 3. The van der Waals surface area contributed by atoms with E-state index >= 15 is 0 Å². The number of benzene rings is 1. The first-order valence-electron chi connectivity index (χ1n) is 9.68. The minimum atomic E-state index is -4.62. The zero-order chi connectivity index (χ0) is 23.2. The highest BCUT2D eigenvalue weighted by Crippen LogP contribution is 2.47. The third-order valence-electron chi connectivity index (χ3n) is 5.12. The van der Waals surface area contributed by atoms with Crippen molar-refractivity contribution in [3.8, 4) is 0 Å². The summed E-state index contributed by atoms with van der Waals surface area (Å²) in [6.45, 7) is 1.89. The van der Waals surface area contributed by atoms with Crippen molar-refractivity contribution in [1.82, 2.24) is 19.6 Å². The summed E-state index contributed by atoms with van der Waals surface area (Å²) in [5.74, 6) is -0.326. The van der Waals surface area contributed by atoms with Gasteiger partial charge in [0, 0.05) is 17.1 Å². The van der Waals surface area contributed by atoms with E-state index < -0.39 is 23.8 Å². The van der Waals surface area contributed by atoms with Crippen LogP contribution < -0.4 is 5.32 Å². The van der Waals surface area contributed by atoms with Gasteiger partial charge >= 0.3 is 6.18 Å². The fraction of sp³-hybridized carbons (Fsp3) is 0.350. The summed E-state index contributed by atoms with van der Waals surface area (Å²) >= 11 is 12.6. The number of hydrogen-bond donors (Lipinski definition) is 1. The van der Waals surface area contributed by atoms with Gasteiger partial charge in [-0.1, -0.05) is 29.8 Å². The molecule has 32 heavy (non-hydrogen) atoms. The van der Waals surface area contributed by atoms with Crippen molar-refractivity contribution in [2.75, 3.05) is 5.32 Å². The van der Waals surface area contributed by atoms with Gasteiger partial charge in [-0.25, -0.2) is 0 Å². The molecule has 1 amide bonds. The highest BCUT2D eigenvalue weighted by Gasteiger charge is 2.43. The third kappa shape index (κ3) is 4.74. The Kier molecular flexibility index (Phi) is 6.43. The minimum absolute atomic E-state index is 0.0511. The van der Waals surface area contributed by atoms with Crippen LogP contribution in [0.4, 0.5) is 19.0 Å². The molecule has 2 aromatic heterocycles. The maximum atomic E-state index is 13.4. The predicted octanol–water partition coefficient (Wildman–Crippen LogP) is 6.40. The van der Waals surface area contributed by atoms with Crippen molar-refractivity contribution in [3.05, 3.63) is 61.4 Å². The molecule has 0 spiro atoms. The van der Waals surface area contributed by atoms with E-state index in [1.807, 2.05) is 18.2 Å². The summed E-state index contributed by atoms with van der Waals surface area (Å²) in [4.78, 5) is 12.9. The van der Waals surface area contributed by atoms with Gasteiger partial charge in [-0.05, 0) is 63.3 Å². The van der Waals surface area contributed by atoms with Gasteiger partial charge in [0.15, 0.2) is 11.5 Å². The molecule has 1 aliphatic carbocycles. The molecular weight excluding hydrogens is 579 g/mol. The summed E-state index contributed by atoms with van der Waals surface area (Å²) in [5, 5.41) is 11.4. The van der Waals surface area contributed by atoms with Gasteiger partial charge in [0.05, 0.1) is 21.2 Å². The van der Waals surface area contributed by atoms with Crippen molar-refractivity contribution in [3.63, 3.8) is 0 Å². The Morgan fingerprint density at radius 3 is 2.59 bits per heavy atom. The largest absolute Gasteiger partial charge is 0.436 e. The van der Waals surface area contributed by atoms with Crippen LogP contribution in [0.1, 0.15) is 48.7 Å². The number of aromatic nitrogens is 4. The number of amides is 1. The second-order valence-corrected chi connectivity index (χ2v) is 9.60. The number of nitrogens with zero attached hydrogens (tertiary/aromatic N) is 4. The lowest BCUT2D eigenvalue weighted by Gasteiger charge is -2.15. The number of anilines is 1. The van der Waals surface area contributed by atoms with Crippen molar-refractivity contribution < 1.29 is 18.0 Å². The zero-order valence-electron chi connectivity index (χ0n) is 16.6. The Balaban J connectivity index is 1.55. The third-order valence-corrected chi connectivity index (χ3v) is 6.85. The van der Waals surface area contributed by atoms with Gasteiger partial charge in [0.1, 0.15) is 6.04 Å². The first-order valence-corrected chi connectivity index (χ1v) is 11.6. The molecule has 1 aliphatic rings. The van der Waals surface area contributed by atoms with Crippen LogP contribution in [0.2, 0.25) is 5.02 Å². The van der Waals surface area contributed by atoms with E-state index in [4.69, 9.17) is 11.6 Å². The standard InChI is InChI=1S/C20H17Br2ClF3N5O/c1-10(31-16(11-6-7-11)15(22)17(28-31)20(24,25)26)19(32)27-18-13(21)9-30(29-18)8-12-4-2-3-5-14(12)23/h2-5,9-11H,6-8H2,1H3,(H,27,29,32). The lowest BCUT2D eigenvalue weighted by molar-refractivity contribution is -0.142. The average molecular weight is 596 g/mol. The number of carbonyl (C=O) groups is 1. The lowest BCUT2D eigenvalue weighted by Crippen LogP contribution is -2.26. The fourth-order valence-corrected chi connectivity index (χ4v) is 4.74. The van der Waals surface area contributed by atoms with E-state index in [0.717, 1.165) is 23.1 Å². The number of halogens is 6. The summed E-state index contributed by atoms with van der Waals surface area (Å²) < 4.78 is 43.3. The van der Waals surface area contributed by atoms with E-state index in [1.54, 1.807) is 16.9 Å². The van der Waals surface area contributed by atoms with Crippen LogP contribution in [0.25, 0.3) is 0 Å². The van der Waals surface area contributed by atoms with Crippen LogP contribution in [0, 0.1) is 0 Å². The molecular formula is C20H17Br2ClF3N5O. The molecule has 4 rings (SSSR count). The lowest BCUT2D eigenvalue weighted by atomic mass is 10.2. The van der Waals surface area contributed by atoms with Gasteiger partial charge < -0.3 is 5.32 Å². The molecule has 170 valence electrons. The summed E-state index contributed by atoms with van der Waals surface area (Å²) in [7, 11) is 0. The first kappa shape index (κ1) is 23.3. The number of rotatable bonds is 6.